The maximum atomic E-state index is 13.6. The van der Waals surface area contributed by atoms with E-state index in [-0.39, 0.29) is 17.1 Å². The summed E-state index contributed by atoms with van der Waals surface area (Å²) in [5, 5.41) is 0. The van der Waals surface area contributed by atoms with E-state index >= 15 is 0 Å². The molecule has 0 unspecified atom stereocenters. The molecular formula is C12H11F2N3. The molecule has 2 N–H and O–H groups in total. The number of hydrogen-bond acceptors (Lipinski definition) is 3. The minimum atomic E-state index is -0.661. The van der Waals surface area contributed by atoms with Gasteiger partial charge in [-0.25, -0.2) is 18.7 Å². The Hall–Kier alpha value is -2.04. The number of hydrogen-bond donors (Lipinski definition) is 1. The summed E-state index contributed by atoms with van der Waals surface area (Å²) in [6.07, 6.45) is 0. The van der Waals surface area contributed by atoms with E-state index in [2.05, 4.69) is 9.97 Å². The molecule has 0 spiro atoms. The highest BCUT2D eigenvalue weighted by Crippen LogP contribution is 2.28. The third-order valence-electron chi connectivity index (χ3n) is 2.49. The van der Waals surface area contributed by atoms with Gasteiger partial charge in [-0.15, -0.1) is 0 Å². The molecule has 3 nitrogen and oxygen atoms in total. The number of rotatable bonds is 1. The van der Waals surface area contributed by atoms with Gasteiger partial charge >= 0.3 is 0 Å². The summed E-state index contributed by atoms with van der Waals surface area (Å²) in [6, 6.07) is 3.68. The topological polar surface area (TPSA) is 51.8 Å². The van der Waals surface area contributed by atoms with E-state index in [9.17, 15) is 8.78 Å². The van der Waals surface area contributed by atoms with Crippen molar-refractivity contribution < 1.29 is 8.78 Å². The summed E-state index contributed by atoms with van der Waals surface area (Å²) in [5.74, 6) is -0.711. The predicted molar refractivity (Wildman–Crippen MR) is 61.3 cm³/mol. The smallest absolute Gasteiger partial charge is 0.135 e. The Balaban J connectivity index is 2.77. The van der Waals surface area contributed by atoms with Crippen molar-refractivity contribution in [3.05, 3.63) is 41.2 Å². The molecule has 0 bridgehead atoms. The van der Waals surface area contributed by atoms with Gasteiger partial charge in [0, 0.05) is 5.56 Å². The van der Waals surface area contributed by atoms with Crippen molar-refractivity contribution in [2.24, 2.45) is 0 Å². The van der Waals surface area contributed by atoms with Crippen LogP contribution in [0.2, 0.25) is 0 Å². The first-order valence-electron chi connectivity index (χ1n) is 5.06. The molecule has 2 rings (SSSR count). The first kappa shape index (κ1) is 11.4. The highest BCUT2D eigenvalue weighted by Gasteiger charge is 2.16. The molecule has 0 fully saturated rings. The fraction of sp³-hybridized carbons (Fsp3) is 0.167. The van der Waals surface area contributed by atoms with Crippen molar-refractivity contribution in [2.75, 3.05) is 5.73 Å². The number of aromatic nitrogens is 2. The zero-order valence-corrected chi connectivity index (χ0v) is 9.46. The van der Waals surface area contributed by atoms with Gasteiger partial charge in [-0.3, -0.25) is 0 Å². The Morgan fingerprint density at radius 2 is 1.65 bits per heavy atom. The zero-order valence-electron chi connectivity index (χ0n) is 9.46. The summed E-state index contributed by atoms with van der Waals surface area (Å²) in [7, 11) is 0. The SMILES string of the molecule is Cc1nc(N)c(C)c(-c2c(F)cccc2F)n1. The second-order valence-corrected chi connectivity index (χ2v) is 3.73. The van der Waals surface area contributed by atoms with E-state index in [1.807, 2.05) is 0 Å². The minimum Gasteiger partial charge on any atom is -0.383 e. The zero-order chi connectivity index (χ0) is 12.6. The third-order valence-corrected chi connectivity index (χ3v) is 2.49. The van der Waals surface area contributed by atoms with Crippen molar-refractivity contribution in [3.63, 3.8) is 0 Å². The van der Waals surface area contributed by atoms with Crippen LogP contribution in [0.25, 0.3) is 11.3 Å². The van der Waals surface area contributed by atoms with Crippen LogP contribution in [0.5, 0.6) is 0 Å². The predicted octanol–water partition coefficient (Wildman–Crippen LogP) is 2.62. The van der Waals surface area contributed by atoms with Gasteiger partial charge < -0.3 is 5.73 Å². The van der Waals surface area contributed by atoms with Gasteiger partial charge in [-0.1, -0.05) is 6.07 Å². The van der Waals surface area contributed by atoms with E-state index in [0.717, 1.165) is 0 Å². The summed E-state index contributed by atoms with van der Waals surface area (Å²) >= 11 is 0. The van der Waals surface area contributed by atoms with Crippen LogP contribution in [0.15, 0.2) is 18.2 Å². The molecule has 0 atom stereocenters. The van der Waals surface area contributed by atoms with E-state index in [4.69, 9.17) is 5.73 Å². The van der Waals surface area contributed by atoms with Crippen LogP contribution in [0.1, 0.15) is 11.4 Å². The second-order valence-electron chi connectivity index (χ2n) is 3.73. The van der Waals surface area contributed by atoms with E-state index in [1.54, 1.807) is 13.8 Å². The maximum absolute atomic E-state index is 13.6. The highest BCUT2D eigenvalue weighted by atomic mass is 19.1. The number of nitrogens with two attached hydrogens (primary N) is 1. The number of nitrogens with zero attached hydrogens (tertiary/aromatic N) is 2. The van der Waals surface area contributed by atoms with Crippen molar-refractivity contribution in [1.29, 1.82) is 0 Å². The standard InChI is InChI=1S/C12H11F2N3/c1-6-11(16-7(2)17-12(6)15)10-8(13)4-3-5-9(10)14/h3-5H,1-2H3,(H2,15,16,17). The van der Waals surface area contributed by atoms with E-state index < -0.39 is 11.6 Å². The van der Waals surface area contributed by atoms with Gasteiger partial charge in [0.05, 0.1) is 11.3 Å². The molecule has 17 heavy (non-hydrogen) atoms. The summed E-state index contributed by atoms with van der Waals surface area (Å²) in [4.78, 5) is 7.99. The summed E-state index contributed by atoms with van der Waals surface area (Å²) in [6.45, 7) is 3.26. The molecule has 1 heterocycles. The van der Waals surface area contributed by atoms with Crippen LogP contribution in [0.3, 0.4) is 0 Å². The van der Waals surface area contributed by atoms with Crippen molar-refractivity contribution in [3.8, 4) is 11.3 Å². The molecule has 0 saturated heterocycles. The fourth-order valence-electron chi connectivity index (χ4n) is 1.62. The van der Waals surface area contributed by atoms with Crippen LogP contribution in [0, 0.1) is 25.5 Å². The highest BCUT2D eigenvalue weighted by molar-refractivity contribution is 5.68. The number of aryl methyl sites for hydroxylation is 1. The summed E-state index contributed by atoms with van der Waals surface area (Å²) in [5.41, 5.74) is 6.17. The molecule has 88 valence electrons. The molecule has 0 aliphatic rings. The average molecular weight is 235 g/mol. The molecule has 0 saturated carbocycles. The van der Waals surface area contributed by atoms with Crippen LogP contribution in [-0.2, 0) is 0 Å². The van der Waals surface area contributed by atoms with Crippen molar-refractivity contribution in [2.45, 2.75) is 13.8 Å². The van der Waals surface area contributed by atoms with Gasteiger partial charge in [0.25, 0.3) is 0 Å². The Morgan fingerprint density at radius 3 is 2.24 bits per heavy atom. The van der Waals surface area contributed by atoms with Gasteiger partial charge in [0.2, 0.25) is 0 Å². The first-order valence-corrected chi connectivity index (χ1v) is 5.06. The van der Waals surface area contributed by atoms with E-state index in [1.165, 1.54) is 18.2 Å². The first-order chi connectivity index (χ1) is 8.00. The molecule has 0 amide bonds. The quantitative estimate of drug-likeness (QED) is 0.826. The summed E-state index contributed by atoms with van der Waals surface area (Å²) < 4.78 is 27.3. The monoisotopic (exact) mass is 235 g/mol. The lowest BCUT2D eigenvalue weighted by Crippen LogP contribution is -2.04. The molecule has 0 aliphatic carbocycles. The third kappa shape index (κ3) is 1.95. The van der Waals surface area contributed by atoms with Crippen LogP contribution < -0.4 is 5.73 Å². The lowest BCUT2D eigenvalue weighted by molar-refractivity contribution is 0.588. The van der Waals surface area contributed by atoms with Crippen molar-refractivity contribution in [1.82, 2.24) is 9.97 Å². The lowest BCUT2D eigenvalue weighted by Gasteiger charge is -2.10. The fourth-order valence-corrected chi connectivity index (χ4v) is 1.62. The van der Waals surface area contributed by atoms with Gasteiger partial charge in [0.1, 0.15) is 23.3 Å². The number of benzene rings is 1. The minimum absolute atomic E-state index is 0.165. The van der Waals surface area contributed by atoms with Gasteiger partial charge in [0.15, 0.2) is 0 Å². The lowest BCUT2D eigenvalue weighted by atomic mass is 10.1. The Labute approximate surface area is 97.3 Å². The number of nitrogen functional groups attached to an aromatic ring is 1. The second kappa shape index (κ2) is 4.08. The number of halogens is 2. The molecule has 1 aromatic heterocycles. The van der Waals surface area contributed by atoms with Crippen molar-refractivity contribution >= 4 is 5.82 Å². The Kier molecular flexibility index (Phi) is 2.75. The van der Waals surface area contributed by atoms with Gasteiger partial charge in [-0.2, -0.15) is 0 Å². The molecule has 2 aromatic rings. The normalized spacial score (nSPS) is 10.6. The van der Waals surface area contributed by atoms with Crippen LogP contribution in [-0.4, -0.2) is 9.97 Å². The average Bonchev–Trinajstić information content (AvgIpc) is 2.24. The molecule has 5 heteroatoms. The molecule has 0 aliphatic heterocycles. The molecule has 1 aromatic carbocycles. The van der Waals surface area contributed by atoms with Crippen LogP contribution >= 0.6 is 0 Å². The Bertz CT molecular complexity index is 562. The Morgan fingerprint density at radius 1 is 1.06 bits per heavy atom. The van der Waals surface area contributed by atoms with Gasteiger partial charge in [-0.05, 0) is 26.0 Å². The maximum Gasteiger partial charge on any atom is 0.135 e. The largest absolute Gasteiger partial charge is 0.383 e. The molecular weight excluding hydrogens is 224 g/mol. The van der Waals surface area contributed by atoms with E-state index in [0.29, 0.717) is 11.4 Å². The van der Waals surface area contributed by atoms with Crippen LogP contribution in [0.4, 0.5) is 14.6 Å². The molecule has 0 radical (unpaired) electrons. The number of anilines is 1.